The van der Waals surface area contributed by atoms with Crippen molar-refractivity contribution in [2.45, 2.75) is 26.7 Å². The predicted octanol–water partition coefficient (Wildman–Crippen LogP) is 5.03. The van der Waals surface area contributed by atoms with Crippen LogP contribution < -0.4 is 15.8 Å². The van der Waals surface area contributed by atoms with Crippen molar-refractivity contribution in [1.29, 1.82) is 0 Å². The number of nitrogen functional groups attached to an aromatic ring is 1. The Kier molecular flexibility index (Phi) is 4.84. The van der Waals surface area contributed by atoms with Crippen LogP contribution >= 0.6 is 0 Å². The third-order valence-corrected chi connectivity index (χ3v) is 3.92. The average Bonchev–Trinajstić information content (AvgIpc) is 2.61. The molecule has 0 saturated carbocycles. The molecule has 0 amide bonds. The molecule has 1 heterocycles. The Morgan fingerprint density at radius 1 is 0.960 bits per heavy atom. The minimum atomic E-state index is 0.333. The first-order chi connectivity index (χ1) is 12.0. The SMILES string of the molecule is Cc1ccc(Oc2ncnc(Nc3ccc(C(C)C)cc3)c2N)cc1. The van der Waals surface area contributed by atoms with E-state index >= 15 is 0 Å². The topological polar surface area (TPSA) is 73.1 Å². The highest BCUT2D eigenvalue weighted by Gasteiger charge is 2.11. The van der Waals surface area contributed by atoms with Crippen molar-refractivity contribution in [2.24, 2.45) is 0 Å². The van der Waals surface area contributed by atoms with E-state index in [1.54, 1.807) is 0 Å². The van der Waals surface area contributed by atoms with Gasteiger partial charge in [0.1, 0.15) is 17.8 Å². The fraction of sp³-hybridized carbons (Fsp3) is 0.200. The molecule has 1 aromatic heterocycles. The molecule has 0 aliphatic carbocycles. The van der Waals surface area contributed by atoms with Gasteiger partial charge in [0, 0.05) is 5.69 Å². The van der Waals surface area contributed by atoms with Crippen LogP contribution in [0.5, 0.6) is 11.6 Å². The van der Waals surface area contributed by atoms with Gasteiger partial charge in [-0.2, -0.15) is 4.98 Å². The summed E-state index contributed by atoms with van der Waals surface area (Å²) in [5, 5.41) is 3.22. The van der Waals surface area contributed by atoms with Crippen LogP contribution in [-0.2, 0) is 0 Å². The van der Waals surface area contributed by atoms with Gasteiger partial charge in [-0.3, -0.25) is 0 Å². The van der Waals surface area contributed by atoms with E-state index in [1.807, 2.05) is 43.3 Å². The van der Waals surface area contributed by atoms with Gasteiger partial charge in [-0.15, -0.1) is 0 Å². The number of anilines is 3. The standard InChI is InChI=1S/C20H22N4O/c1-13(2)15-6-8-16(9-7-15)24-19-18(21)20(23-12-22-19)25-17-10-4-14(3)5-11-17/h4-13H,21H2,1-3H3,(H,22,23,24). The monoisotopic (exact) mass is 334 g/mol. The number of aryl methyl sites for hydroxylation is 1. The molecule has 0 spiro atoms. The molecular weight excluding hydrogens is 312 g/mol. The predicted molar refractivity (Wildman–Crippen MR) is 102 cm³/mol. The normalized spacial score (nSPS) is 10.7. The van der Waals surface area contributed by atoms with Crippen LogP contribution in [0, 0.1) is 6.92 Å². The smallest absolute Gasteiger partial charge is 0.248 e. The second-order valence-electron chi connectivity index (χ2n) is 6.26. The highest BCUT2D eigenvalue weighted by atomic mass is 16.5. The van der Waals surface area contributed by atoms with E-state index in [0.717, 1.165) is 11.3 Å². The van der Waals surface area contributed by atoms with Gasteiger partial charge in [0.2, 0.25) is 5.88 Å². The average molecular weight is 334 g/mol. The summed E-state index contributed by atoms with van der Waals surface area (Å²) in [4.78, 5) is 8.36. The summed E-state index contributed by atoms with van der Waals surface area (Å²) in [6.45, 7) is 6.36. The van der Waals surface area contributed by atoms with Crippen LogP contribution in [0.3, 0.4) is 0 Å². The maximum atomic E-state index is 6.17. The summed E-state index contributed by atoms with van der Waals surface area (Å²) in [7, 11) is 0. The molecule has 5 heteroatoms. The van der Waals surface area contributed by atoms with Gasteiger partial charge in [-0.1, -0.05) is 43.7 Å². The number of nitrogens with zero attached hydrogens (tertiary/aromatic N) is 2. The summed E-state index contributed by atoms with van der Waals surface area (Å²) in [6, 6.07) is 15.9. The van der Waals surface area contributed by atoms with Gasteiger partial charge >= 0.3 is 0 Å². The van der Waals surface area contributed by atoms with Crippen molar-refractivity contribution in [3.05, 3.63) is 66.0 Å². The summed E-state index contributed by atoms with van der Waals surface area (Å²) in [5.74, 6) is 2.03. The highest BCUT2D eigenvalue weighted by Crippen LogP contribution is 2.31. The third kappa shape index (κ3) is 4.07. The maximum absolute atomic E-state index is 6.17. The molecule has 5 nitrogen and oxygen atoms in total. The first kappa shape index (κ1) is 16.8. The van der Waals surface area contributed by atoms with Gasteiger partial charge in [-0.05, 0) is 42.7 Å². The molecule has 0 bridgehead atoms. The zero-order chi connectivity index (χ0) is 17.8. The van der Waals surface area contributed by atoms with Crippen molar-refractivity contribution in [3.8, 4) is 11.6 Å². The van der Waals surface area contributed by atoms with Gasteiger partial charge in [-0.25, -0.2) is 4.98 Å². The van der Waals surface area contributed by atoms with E-state index in [-0.39, 0.29) is 0 Å². The fourth-order valence-electron chi connectivity index (χ4n) is 2.37. The lowest BCUT2D eigenvalue weighted by atomic mass is 10.0. The van der Waals surface area contributed by atoms with Crippen molar-refractivity contribution in [2.75, 3.05) is 11.1 Å². The molecule has 0 saturated heterocycles. The number of rotatable bonds is 5. The second-order valence-corrected chi connectivity index (χ2v) is 6.26. The Morgan fingerprint density at radius 2 is 1.64 bits per heavy atom. The first-order valence-corrected chi connectivity index (χ1v) is 8.25. The van der Waals surface area contributed by atoms with Gasteiger partial charge < -0.3 is 15.8 Å². The Hall–Kier alpha value is -3.08. The number of nitrogens with two attached hydrogens (primary N) is 1. The Labute approximate surface area is 147 Å². The van der Waals surface area contributed by atoms with Crippen LogP contribution in [0.15, 0.2) is 54.9 Å². The molecule has 25 heavy (non-hydrogen) atoms. The van der Waals surface area contributed by atoms with Crippen LogP contribution in [0.1, 0.15) is 30.9 Å². The number of benzene rings is 2. The summed E-state index contributed by atoms with van der Waals surface area (Å²) >= 11 is 0. The zero-order valence-corrected chi connectivity index (χ0v) is 14.7. The first-order valence-electron chi connectivity index (χ1n) is 8.25. The number of hydrogen-bond acceptors (Lipinski definition) is 5. The van der Waals surface area contributed by atoms with E-state index in [0.29, 0.717) is 29.1 Å². The lowest BCUT2D eigenvalue weighted by molar-refractivity contribution is 0.464. The van der Waals surface area contributed by atoms with E-state index in [1.165, 1.54) is 11.9 Å². The van der Waals surface area contributed by atoms with Crippen molar-refractivity contribution in [1.82, 2.24) is 9.97 Å². The third-order valence-electron chi connectivity index (χ3n) is 3.92. The molecule has 0 aliphatic heterocycles. The molecule has 0 unspecified atom stereocenters. The van der Waals surface area contributed by atoms with Crippen LogP contribution in [-0.4, -0.2) is 9.97 Å². The van der Waals surface area contributed by atoms with Gasteiger partial charge in [0.25, 0.3) is 0 Å². The molecule has 3 rings (SSSR count). The summed E-state index contributed by atoms with van der Waals surface area (Å²) < 4.78 is 5.78. The van der Waals surface area contributed by atoms with E-state index in [4.69, 9.17) is 10.5 Å². The minimum absolute atomic E-state index is 0.333. The Balaban J connectivity index is 1.79. The van der Waals surface area contributed by atoms with Crippen LogP contribution in [0.4, 0.5) is 17.2 Å². The molecule has 0 aliphatic rings. The molecule has 128 valence electrons. The van der Waals surface area contributed by atoms with Crippen LogP contribution in [0.2, 0.25) is 0 Å². The minimum Gasteiger partial charge on any atom is -0.437 e. The van der Waals surface area contributed by atoms with Crippen molar-refractivity contribution < 1.29 is 4.74 Å². The molecule has 3 aromatic rings. The maximum Gasteiger partial charge on any atom is 0.248 e. The molecule has 3 N–H and O–H groups in total. The number of nitrogens with one attached hydrogen (secondary N) is 1. The molecular formula is C20H22N4O. The Bertz CT molecular complexity index is 843. The van der Waals surface area contributed by atoms with Crippen molar-refractivity contribution in [3.63, 3.8) is 0 Å². The van der Waals surface area contributed by atoms with Gasteiger partial charge in [0.15, 0.2) is 5.82 Å². The van der Waals surface area contributed by atoms with E-state index in [2.05, 4.69) is 41.3 Å². The summed E-state index contributed by atoms with van der Waals surface area (Å²) in [6.07, 6.45) is 1.44. The van der Waals surface area contributed by atoms with Crippen molar-refractivity contribution >= 4 is 17.2 Å². The lowest BCUT2D eigenvalue weighted by Crippen LogP contribution is -2.03. The number of ether oxygens (including phenoxy) is 1. The highest BCUT2D eigenvalue weighted by molar-refractivity contribution is 5.72. The fourth-order valence-corrected chi connectivity index (χ4v) is 2.37. The quantitative estimate of drug-likeness (QED) is 0.685. The molecule has 0 atom stereocenters. The van der Waals surface area contributed by atoms with Gasteiger partial charge in [0.05, 0.1) is 0 Å². The molecule has 0 radical (unpaired) electrons. The lowest BCUT2D eigenvalue weighted by Gasteiger charge is -2.12. The van der Waals surface area contributed by atoms with Crippen LogP contribution in [0.25, 0.3) is 0 Å². The zero-order valence-electron chi connectivity index (χ0n) is 14.7. The molecule has 2 aromatic carbocycles. The summed E-state index contributed by atoms with van der Waals surface area (Å²) in [5.41, 5.74) is 9.90. The Morgan fingerprint density at radius 3 is 2.28 bits per heavy atom. The molecule has 0 fully saturated rings. The largest absolute Gasteiger partial charge is 0.437 e. The second kappa shape index (κ2) is 7.21. The number of hydrogen-bond donors (Lipinski definition) is 2. The number of aromatic nitrogens is 2. The van der Waals surface area contributed by atoms with E-state index < -0.39 is 0 Å². The van der Waals surface area contributed by atoms with E-state index in [9.17, 15) is 0 Å².